The van der Waals surface area contributed by atoms with Crippen molar-refractivity contribution >= 4 is 0 Å². The van der Waals surface area contributed by atoms with Crippen LogP contribution in [-0.4, -0.2) is 6.04 Å². The fourth-order valence-corrected chi connectivity index (χ4v) is 2.55. The summed E-state index contributed by atoms with van der Waals surface area (Å²) in [5.41, 5.74) is 0.158. The molecule has 1 saturated carbocycles. The lowest BCUT2D eigenvalue weighted by Crippen LogP contribution is -2.37. The first-order valence-corrected chi connectivity index (χ1v) is 6.34. The first kappa shape index (κ1) is 12.5. The van der Waals surface area contributed by atoms with Crippen molar-refractivity contribution in [1.82, 2.24) is 5.32 Å². The average molecular weight is 239 g/mol. The maximum absolute atomic E-state index is 13.4. The molecule has 1 aromatic carbocycles. The molecule has 1 N–H and O–H groups in total. The van der Waals surface area contributed by atoms with E-state index in [1.54, 1.807) is 0 Å². The van der Waals surface area contributed by atoms with E-state index in [0.29, 0.717) is 12.0 Å². The summed E-state index contributed by atoms with van der Waals surface area (Å²) >= 11 is 0. The van der Waals surface area contributed by atoms with Crippen molar-refractivity contribution in [2.75, 3.05) is 0 Å². The lowest BCUT2D eigenvalue weighted by Gasteiger charge is -2.29. The SMILES string of the molecule is CC1CCCCC1NCc1c(F)cccc1F. The molecule has 2 rings (SSSR count). The summed E-state index contributed by atoms with van der Waals surface area (Å²) < 4.78 is 26.8. The van der Waals surface area contributed by atoms with E-state index in [0.717, 1.165) is 6.42 Å². The highest BCUT2D eigenvalue weighted by Crippen LogP contribution is 2.24. The lowest BCUT2D eigenvalue weighted by molar-refractivity contribution is 0.277. The Bertz CT molecular complexity index is 358. The second kappa shape index (κ2) is 5.58. The topological polar surface area (TPSA) is 12.0 Å². The van der Waals surface area contributed by atoms with E-state index in [1.807, 2.05) is 0 Å². The number of nitrogens with one attached hydrogen (secondary N) is 1. The van der Waals surface area contributed by atoms with Crippen LogP contribution in [0.15, 0.2) is 18.2 Å². The van der Waals surface area contributed by atoms with Gasteiger partial charge in [0.25, 0.3) is 0 Å². The zero-order valence-corrected chi connectivity index (χ0v) is 10.2. The van der Waals surface area contributed by atoms with E-state index >= 15 is 0 Å². The Kier molecular flexibility index (Phi) is 4.11. The Hall–Kier alpha value is -0.960. The first-order chi connectivity index (χ1) is 8.18. The molecular formula is C14H19F2N. The number of rotatable bonds is 3. The van der Waals surface area contributed by atoms with Gasteiger partial charge in [-0.05, 0) is 30.9 Å². The van der Waals surface area contributed by atoms with Gasteiger partial charge in [0.15, 0.2) is 0 Å². The Morgan fingerprint density at radius 2 is 1.82 bits per heavy atom. The van der Waals surface area contributed by atoms with Gasteiger partial charge in [-0.25, -0.2) is 8.78 Å². The molecule has 0 aliphatic heterocycles. The fraction of sp³-hybridized carbons (Fsp3) is 0.571. The molecule has 94 valence electrons. The molecule has 0 bridgehead atoms. The van der Waals surface area contributed by atoms with Crippen LogP contribution in [0.5, 0.6) is 0 Å². The van der Waals surface area contributed by atoms with Gasteiger partial charge >= 0.3 is 0 Å². The van der Waals surface area contributed by atoms with Crippen LogP contribution in [0.25, 0.3) is 0 Å². The molecule has 0 saturated heterocycles. The van der Waals surface area contributed by atoms with Gasteiger partial charge in [-0.1, -0.05) is 25.8 Å². The van der Waals surface area contributed by atoms with Gasteiger partial charge in [0, 0.05) is 18.2 Å². The molecule has 1 fully saturated rings. The Balaban J connectivity index is 1.97. The third-order valence-electron chi connectivity index (χ3n) is 3.71. The predicted molar refractivity (Wildman–Crippen MR) is 64.6 cm³/mol. The largest absolute Gasteiger partial charge is 0.309 e. The van der Waals surface area contributed by atoms with Crippen LogP contribution in [0.4, 0.5) is 8.78 Å². The molecule has 0 amide bonds. The van der Waals surface area contributed by atoms with Gasteiger partial charge in [-0.2, -0.15) is 0 Å². The van der Waals surface area contributed by atoms with Crippen LogP contribution >= 0.6 is 0 Å². The highest BCUT2D eigenvalue weighted by molar-refractivity contribution is 5.19. The molecule has 1 nitrogen and oxygen atoms in total. The minimum absolute atomic E-state index is 0.158. The van der Waals surface area contributed by atoms with Crippen LogP contribution in [-0.2, 0) is 6.54 Å². The summed E-state index contributed by atoms with van der Waals surface area (Å²) in [6, 6.07) is 4.41. The Morgan fingerprint density at radius 3 is 2.47 bits per heavy atom. The van der Waals surface area contributed by atoms with Gasteiger partial charge in [0.2, 0.25) is 0 Å². The molecule has 0 heterocycles. The second-order valence-electron chi connectivity index (χ2n) is 4.95. The highest BCUT2D eigenvalue weighted by Gasteiger charge is 2.21. The zero-order valence-electron chi connectivity index (χ0n) is 10.2. The van der Waals surface area contributed by atoms with Crippen molar-refractivity contribution in [1.29, 1.82) is 0 Å². The summed E-state index contributed by atoms with van der Waals surface area (Å²) in [4.78, 5) is 0. The van der Waals surface area contributed by atoms with Gasteiger partial charge in [0.05, 0.1) is 0 Å². The van der Waals surface area contributed by atoms with Crippen LogP contribution in [0.1, 0.15) is 38.2 Å². The average Bonchev–Trinajstić information content (AvgIpc) is 2.30. The third kappa shape index (κ3) is 3.03. The quantitative estimate of drug-likeness (QED) is 0.849. The molecule has 2 unspecified atom stereocenters. The van der Waals surface area contributed by atoms with Crippen LogP contribution in [0.3, 0.4) is 0 Å². The van der Waals surface area contributed by atoms with E-state index in [9.17, 15) is 8.78 Å². The summed E-state index contributed by atoms with van der Waals surface area (Å²) in [5, 5.41) is 3.29. The van der Waals surface area contributed by atoms with Crippen LogP contribution in [0.2, 0.25) is 0 Å². The monoisotopic (exact) mass is 239 g/mol. The predicted octanol–water partition coefficient (Wildman–Crippen LogP) is 3.63. The van der Waals surface area contributed by atoms with Crippen molar-refractivity contribution in [2.24, 2.45) is 5.92 Å². The molecule has 1 aromatic rings. The van der Waals surface area contributed by atoms with Gasteiger partial charge < -0.3 is 5.32 Å². The number of benzene rings is 1. The van der Waals surface area contributed by atoms with Crippen molar-refractivity contribution in [3.8, 4) is 0 Å². The third-order valence-corrected chi connectivity index (χ3v) is 3.71. The molecule has 0 spiro atoms. The van der Waals surface area contributed by atoms with Gasteiger partial charge in [0.1, 0.15) is 11.6 Å². The van der Waals surface area contributed by atoms with E-state index < -0.39 is 11.6 Å². The standard InChI is InChI=1S/C14H19F2N/c1-10-5-2-3-8-14(10)17-9-11-12(15)6-4-7-13(11)16/h4,6-7,10,14,17H,2-3,5,8-9H2,1H3. The zero-order chi connectivity index (χ0) is 12.3. The maximum Gasteiger partial charge on any atom is 0.130 e. The molecule has 2 atom stereocenters. The summed E-state index contributed by atoms with van der Waals surface area (Å²) in [5.74, 6) is -0.319. The molecule has 0 aromatic heterocycles. The van der Waals surface area contributed by atoms with Crippen molar-refractivity contribution < 1.29 is 8.78 Å². The minimum Gasteiger partial charge on any atom is -0.309 e. The molecule has 1 aliphatic rings. The number of hydrogen-bond donors (Lipinski definition) is 1. The van der Waals surface area contributed by atoms with E-state index in [1.165, 1.54) is 37.5 Å². The maximum atomic E-state index is 13.4. The second-order valence-corrected chi connectivity index (χ2v) is 4.95. The van der Waals surface area contributed by atoms with E-state index in [2.05, 4.69) is 12.2 Å². The van der Waals surface area contributed by atoms with Crippen LogP contribution < -0.4 is 5.32 Å². The fourth-order valence-electron chi connectivity index (χ4n) is 2.55. The number of hydrogen-bond acceptors (Lipinski definition) is 1. The smallest absolute Gasteiger partial charge is 0.130 e. The summed E-state index contributed by atoms with van der Waals surface area (Å²) in [7, 11) is 0. The van der Waals surface area contributed by atoms with E-state index in [4.69, 9.17) is 0 Å². The van der Waals surface area contributed by atoms with Crippen molar-refractivity contribution in [3.05, 3.63) is 35.4 Å². The Morgan fingerprint density at radius 1 is 1.18 bits per heavy atom. The van der Waals surface area contributed by atoms with Gasteiger partial charge in [-0.3, -0.25) is 0 Å². The lowest BCUT2D eigenvalue weighted by atomic mass is 9.86. The normalized spacial score (nSPS) is 24.9. The Labute approximate surface area is 101 Å². The number of halogens is 2. The molecule has 17 heavy (non-hydrogen) atoms. The van der Waals surface area contributed by atoms with Crippen molar-refractivity contribution in [3.63, 3.8) is 0 Å². The van der Waals surface area contributed by atoms with Crippen LogP contribution in [0, 0.1) is 17.6 Å². The summed E-state index contributed by atoms with van der Waals surface area (Å²) in [6.45, 7) is 2.49. The summed E-state index contributed by atoms with van der Waals surface area (Å²) in [6.07, 6.45) is 4.80. The molecule has 3 heteroatoms. The van der Waals surface area contributed by atoms with E-state index in [-0.39, 0.29) is 12.1 Å². The highest BCUT2D eigenvalue weighted by atomic mass is 19.1. The molecular weight excluding hydrogens is 220 g/mol. The molecule has 1 aliphatic carbocycles. The first-order valence-electron chi connectivity index (χ1n) is 6.34. The van der Waals surface area contributed by atoms with Gasteiger partial charge in [-0.15, -0.1) is 0 Å². The van der Waals surface area contributed by atoms with Crippen molar-refractivity contribution in [2.45, 2.75) is 45.2 Å². The minimum atomic E-state index is -0.457. The molecule has 0 radical (unpaired) electrons.